The topological polar surface area (TPSA) is 37.2 Å². The Morgan fingerprint density at radius 2 is 2.33 bits per heavy atom. The maximum absolute atomic E-state index is 5.54. The van der Waals surface area contributed by atoms with Gasteiger partial charge in [0.25, 0.3) is 0 Å². The lowest BCUT2D eigenvalue weighted by Gasteiger charge is -2.18. The molecule has 3 heteroatoms. The number of nitrogens with one attached hydrogen (secondary N) is 2. The Morgan fingerprint density at radius 3 is 2.87 bits per heavy atom. The first-order chi connectivity index (χ1) is 7.16. The van der Waals surface area contributed by atoms with Crippen LogP contribution >= 0.6 is 0 Å². The van der Waals surface area contributed by atoms with Crippen LogP contribution in [-0.4, -0.2) is 19.1 Å². The summed E-state index contributed by atoms with van der Waals surface area (Å²) < 4.78 is 5.54. The SMILES string of the molecule is Cc1cc(C(C)NC2CCNC2)c(C)o1. The molecule has 1 aromatic rings. The van der Waals surface area contributed by atoms with Crippen LogP contribution in [0.3, 0.4) is 0 Å². The molecule has 15 heavy (non-hydrogen) atoms. The van der Waals surface area contributed by atoms with E-state index in [4.69, 9.17) is 4.42 Å². The van der Waals surface area contributed by atoms with Crippen molar-refractivity contribution in [3.8, 4) is 0 Å². The summed E-state index contributed by atoms with van der Waals surface area (Å²) in [6.07, 6.45) is 1.22. The molecule has 0 bridgehead atoms. The first-order valence-corrected chi connectivity index (χ1v) is 5.70. The molecule has 1 fully saturated rings. The van der Waals surface area contributed by atoms with Crippen molar-refractivity contribution >= 4 is 0 Å². The van der Waals surface area contributed by atoms with Crippen LogP contribution in [0.25, 0.3) is 0 Å². The molecule has 2 rings (SSSR count). The van der Waals surface area contributed by atoms with Crippen molar-refractivity contribution in [2.75, 3.05) is 13.1 Å². The zero-order valence-corrected chi connectivity index (χ0v) is 9.76. The number of hydrogen-bond donors (Lipinski definition) is 2. The van der Waals surface area contributed by atoms with E-state index in [-0.39, 0.29) is 0 Å². The predicted molar refractivity (Wildman–Crippen MR) is 61.0 cm³/mol. The Labute approximate surface area is 91.2 Å². The molecule has 0 spiro atoms. The summed E-state index contributed by atoms with van der Waals surface area (Å²) in [7, 11) is 0. The lowest BCUT2D eigenvalue weighted by Crippen LogP contribution is -2.33. The van der Waals surface area contributed by atoms with Gasteiger partial charge in [-0.1, -0.05) is 0 Å². The molecule has 2 N–H and O–H groups in total. The van der Waals surface area contributed by atoms with Gasteiger partial charge in [-0.25, -0.2) is 0 Å². The van der Waals surface area contributed by atoms with Crippen LogP contribution in [0.5, 0.6) is 0 Å². The van der Waals surface area contributed by atoms with E-state index in [9.17, 15) is 0 Å². The van der Waals surface area contributed by atoms with Crippen molar-refractivity contribution in [1.82, 2.24) is 10.6 Å². The summed E-state index contributed by atoms with van der Waals surface area (Å²) in [5.41, 5.74) is 1.29. The molecule has 0 amide bonds. The fraction of sp³-hybridized carbons (Fsp3) is 0.667. The van der Waals surface area contributed by atoms with Gasteiger partial charge in [0.15, 0.2) is 0 Å². The lowest BCUT2D eigenvalue weighted by atomic mass is 10.1. The summed E-state index contributed by atoms with van der Waals surface area (Å²) in [5, 5.41) is 6.99. The van der Waals surface area contributed by atoms with Gasteiger partial charge in [0, 0.05) is 24.2 Å². The highest BCUT2D eigenvalue weighted by atomic mass is 16.3. The Morgan fingerprint density at radius 1 is 1.53 bits per heavy atom. The van der Waals surface area contributed by atoms with Gasteiger partial charge >= 0.3 is 0 Å². The Balaban J connectivity index is 2.00. The smallest absolute Gasteiger partial charge is 0.105 e. The maximum Gasteiger partial charge on any atom is 0.105 e. The molecule has 2 unspecified atom stereocenters. The van der Waals surface area contributed by atoms with Crippen LogP contribution in [0.1, 0.15) is 36.5 Å². The Bertz CT molecular complexity index is 326. The van der Waals surface area contributed by atoms with E-state index >= 15 is 0 Å². The lowest BCUT2D eigenvalue weighted by molar-refractivity contribution is 0.460. The highest BCUT2D eigenvalue weighted by molar-refractivity contribution is 5.23. The second-order valence-electron chi connectivity index (χ2n) is 4.45. The zero-order valence-electron chi connectivity index (χ0n) is 9.76. The average Bonchev–Trinajstić information content (AvgIpc) is 2.75. The van der Waals surface area contributed by atoms with Crippen molar-refractivity contribution in [1.29, 1.82) is 0 Å². The third-order valence-electron chi connectivity index (χ3n) is 3.09. The largest absolute Gasteiger partial charge is 0.466 e. The third kappa shape index (κ3) is 2.41. The molecule has 0 aliphatic carbocycles. The standard InChI is InChI=1S/C12H20N2O/c1-8-6-12(10(3)15-8)9(2)14-11-4-5-13-7-11/h6,9,11,13-14H,4-5,7H2,1-3H3. The molecule has 1 aliphatic heterocycles. The second kappa shape index (κ2) is 4.37. The van der Waals surface area contributed by atoms with Crippen molar-refractivity contribution in [3.05, 3.63) is 23.2 Å². The minimum atomic E-state index is 0.382. The second-order valence-corrected chi connectivity index (χ2v) is 4.45. The molecule has 0 radical (unpaired) electrons. The number of aryl methyl sites for hydroxylation is 2. The molecule has 2 heterocycles. The maximum atomic E-state index is 5.54. The molecule has 1 aliphatic rings. The molecular weight excluding hydrogens is 188 g/mol. The van der Waals surface area contributed by atoms with Gasteiger partial charge in [-0.3, -0.25) is 0 Å². The summed E-state index contributed by atoms with van der Waals surface area (Å²) >= 11 is 0. The van der Waals surface area contributed by atoms with E-state index in [1.165, 1.54) is 12.0 Å². The number of hydrogen-bond acceptors (Lipinski definition) is 3. The van der Waals surface area contributed by atoms with Crippen LogP contribution in [0.2, 0.25) is 0 Å². The minimum Gasteiger partial charge on any atom is -0.466 e. The van der Waals surface area contributed by atoms with Gasteiger partial charge in [-0.2, -0.15) is 0 Å². The monoisotopic (exact) mass is 208 g/mol. The van der Waals surface area contributed by atoms with Gasteiger partial charge in [-0.05, 0) is 39.8 Å². The van der Waals surface area contributed by atoms with Crippen molar-refractivity contribution < 1.29 is 4.42 Å². The number of rotatable bonds is 3. The van der Waals surface area contributed by atoms with E-state index in [1.807, 2.05) is 13.8 Å². The van der Waals surface area contributed by atoms with Crippen LogP contribution in [0.4, 0.5) is 0 Å². The highest BCUT2D eigenvalue weighted by Crippen LogP contribution is 2.22. The van der Waals surface area contributed by atoms with Gasteiger partial charge in [-0.15, -0.1) is 0 Å². The minimum absolute atomic E-state index is 0.382. The van der Waals surface area contributed by atoms with Gasteiger partial charge in [0.2, 0.25) is 0 Å². The van der Waals surface area contributed by atoms with Crippen LogP contribution < -0.4 is 10.6 Å². The van der Waals surface area contributed by atoms with Crippen LogP contribution in [0.15, 0.2) is 10.5 Å². The normalized spacial score (nSPS) is 23.3. The average molecular weight is 208 g/mol. The molecular formula is C12H20N2O. The number of furan rings is 1. The molecule has 0 aromatic carbocycles. The fourth-order valence-corrected chi connectivity index (χ4v) is 2.32. The Kier molecular flexibility index (Phi) is 3.12. The van der Waals surface area contributed by atoms with Crippen molar-refractivity contribution in [2.24, 2.45) is 0 Å². The van der Waals surface area contributed by atoms with E-state index in [1.54, 1.807) is 0 Å². The van der Waals surface area contributed by atoms with Gasteiger partial charge < -0.3 is 15.1 Å². The van der Waals surface area contributed by atoms with E-state index in [2.05, 4.69) is 23.6 Å². The van der Waals surface area contributed by atoms with Crippen LogP contribution in [0, 0.1) is 13.8 Å². The molecule has 1 saturated heterocycles. The van der Waals surface area contributed by atoms with E-state index < -0.39 is 0 Å². The highest BCUT2D eigenvalue weighted by Gasteiger charge is 2.19. The molecule has 0 saturated carbocycles. The third-order valence-corrected chi connectivity index (χ3v) is 3.09. The van der Waals surface area contributed by atoms with E-state index in [0.29, 0.717) is 12.1 Å². The summed E-state index contributed by atoms with van der Waals surface area (Å²) in [6.45, 7) is 8.46. The summed E-state index contributed by atoms with van der Waals surface area (Å²) in [4.78, 5) is 0. The predicted octanol–water partition coefficient (Wildman–Crippen LogP) is 1.91. The van der Waals surface area contributed by atoms with Crippen molar-refractivity contribution in [3.63, 3.8) is 0 Å². The van der Waals surface area contributed by atoms with Crippen LogP contribution in [-0.2, 0) is 0 Å². The molecule has 2 atom stereocenters. The zero-order chi connectivity index (χ0) is 10.8. The summed E-state index contributed by atoms with van der Waals surface area (Å²) in [5.74, 6) is 2.04. The molecule has 84 valence electrons. The quantitative estimate of drug-likeness (QED) is 0.796. The Hall–Kier alpha value is -0.800. The fourth-order valence-electron chi connectivity index (χ4n) is 2.32. The van der Waals surface area contributed by atoms with E-state index in [0.717, 1.165) is 24.6 Å². The molecule has 3 nitrogen and oxygen atoms in total. The van der Waals surface area contributed by atoms with Gasteiger partial charge in [0.05, 0.1) is 0 Å². The van der Waals surface area contributed by atoms with Gasteiger partial charge in [0.1, 0.15) is 11.5 Å². The first kappa shape index (κ1) is 10.7. The van der Waals surface area contributed by atoms with Crippen molar-refractivity contribution in [2.45, 2.75) is 39.3 Å². The summed E-state index contributed by atoms with van der Waals surface area (Å²) in [6, 6.07) is 3.12. The first-order valence-electron chi connectivity index (χ1n) is 5.70. The molecule has 1 aromatic heterocycles.